The Kier molecular flexibility index (Phi) is 5.96. The summed E-state index contributed by atoms with van der Waals surface area (Å²) in [6.07, 6.45) is 5.64. The SMILES string of the molecule is COc1ccc2c(c1OC)[C@]13CCN(C)[C@H](C2)C1(OCCCc1ccccc1)CCC(=O)C3. The number of hydrogen-bond acceptors (Lipinski definition) is 5. The summed E-state index contributed by atoms with van der Waals surface area (Å²) in [5.74, 6) is 1.85. The lowest BCUT2D eigenvalue weighted by Gasteiger charge is -2.64. The number of ketones is 1. The third kappa shape index (κ3) is 3.48. The molecule has 3 atom stereocenters. The molecule has 0 radical (unpaired) electrons. The average molecular weight is 450 g/mol. The minimum Gasteiger partial charge on any atom is -0.493 e. The number of nitrogens with zero attached hydrogens (tertiary/aromatic N) is 1. The largest absolute Gasteiger partial charge is 0.493 e. The van der Waals surface area contributed by atoms with Gasteiger partial charge in [-0.05, 0) is 62.9 Å². The first-order valence-electron chi connectivity index (χ1n) is 12.2. The number of ether oxygens (including phenoxy) is 3. The van der Waals surface area contributed by atoms with Crippen molar-refractivity contribution < 1.29 is 19.0 Å². The fraction of sp³-hybridized carbons (Fsp3) is 0.536. The van der Waals surface area contributed by atoms with Crippen molar-refractivity contribution in [2.45, 2.75) is 62.0 Å². The molecule has 2 bridgehead atoms. The zero-order chi connectivity index (χ0) is 23.1. The van der Waals surface area contributed by atoms with Gasteiger partial charge in [0.05, 0.1) is 19.8 Å². The summed E-state index contributed by atoms with van der Waals surface area (Å²) in [7, 11) is 5.61. The zero-order valence-corrected chi connectivity index (χ0v) is 20.1. The highest BCUT2D eigenvalue weighted by Gasteiger charge is 2.66. The molecule has 0 amide bonds. The van der Waals surface area contributed by atoms with Crippen LogP contribution in [0.25, 0.3) is 0 Å². The van der Waals surface area contributed by atoms with E-state index in [9.17, 15) is 4.79 Å². The molecule has 1 unspecified atom stereocenters. The number of likely N-dealkylation sites (N-methyl/N-ethyl adjacent to an activating group) is 1. The lowest BCUT2D eigenvalue weighted by atomic mass is 9.49. The lowest BCUT2D eigenvalue weighted by molar-refractivity contribution is -0.197. The predicted octanol–water partition coefficient (Wildman–Crippen LogP) is 4.34. The third-order valence-electron chi connectivity index (χ3n) is 8.38. The first kappa shape index (κ1) is 22.4. The Morgan fingerprint density at radius 3 is 2.64 bits per heavy atom. The van der Waals surface area contributed by atoms with Crippen molar-refractivity contribution in [2.24, 2.45) is 0 Å². The van der Waals surface area contributed by atoms with Gasteiger partial charge in [0, 0.05) is 36.5 Å². The van der Waals surface area contributed by atoms with Crippen LogP contribution in [-0.2, 0) is 27.8 Å². The van der Waals surface area contributed by atoms with Crippen molar-refractivity contribution >= 4 is 5.78 Å². The van der Waals surface area contributed by atoms with Crippen molar-refractivity contribution in [1.29, 1.82) is 0 Å². The van der Waals surface area contributed by atoms with Crippen LogP contribution in [0.15, 0.2) is 42.5 Å². The molecular formula is C28H35NO4. The molecule has 2 fully saturated rings. The number of Topliss-reactive ketones (excluding diaryl/α,β-unsaturated/α-hetero) is 1. The number of fused-ring (bicyclic) bond motifs is 1. The molecule has 5 rings (SSSR count). The maximum absolute atomic E-state index is 13.0. The van der Waals surface area contributed by atoms with Crippen molar-refractivity contribution in [3.63, 3.8) is 0 Å². The number of carbonyl (C=O) groups excluding carboxylic acids is 1. The molecule has 2 aliphatic carbocycles. The number of benzene rings is 2. The lowest BCUT2D eigenvalue weighted by Crippen LogP contribution is -2.73. The van der Waals surface area contributed by atoms with Crippen LogP contribution in [0.4, 0.5) is 0 Å². The van der Waals surface area contributed by atoms with E-state index in [2.05, 4.69) is 48.3 Å². The van der Waals surface area contributed by atoms with Gasteiger partial charge in [-0.2, -0.15) is 0 Å². The Morgan fingerprint density at radius 1 is 1.06 bits per heavy atom. The molecule has 2 aromatic carbocycles. The molecule has 2 aromatic rings. The van der Waals surface area contributed by atoms with E-state index in [0.717, 1.165) is 55.7 Å². The molecule has 1 saturated heterocycles. The molecule has 33 heavy (non-hydrogen) atoms. The molecule has 1 aliphatic heterocycles. The number of rotatable bonds is 7. The third-order valence-corrected chi connectivity index (χ3v) is 8.38. The molecule has 0 N–H and O–H groups in total. The second kappa shape index (κ2) is 8.77. The quantitative estimate of drug-likeness (QED) is 0.589. The molecule has 0 aromatic heterocycles. The van der Waals surface area contributed by atoms with Gasteiger partial charge in [0.2, 0.25) is 0 Å². The van der Waals surface area contributed by atoms with Crippen LogP contribution >= 0.6 is 0 Å². The van der Waals surface area contributed by atoms with Crippen LogP contribution in [-0.4, -0.2) is 56.7 Å². The predicted molar refractivity (Wildman–Crippen MR) is 128 cm³/mol. The Bertz CT molecular complexity index is 1020. The van der Waals surface area contributed by atoms with Crippen LogP contribution < -0.4 is 9.47 Å². The normalized spacial score (nSPS) is 28.7. The summed E-state index contributed by atoms with van der Waals surface area (Å²) in [5, 5.41) is 0. The molecule has 1 saturated carbocycles. The van der Waals surface area contributed by atoms with Crippen molar-refractivity contribution in [3.05, 3.63) is 59.2 Å². The van der Waals surface area contributed by atoms with E-state index in [1.54, 1.807) is 14.2 Å². The van der Waals surface area contributed by atoms with E-state index in [4.69, 9.17) is 14.2 Å². The van der Waals surface area contributed by atoms with E-state index in [0.29, 0.717) is 25.2 Å². The van der Waals surface area contributed by atoms with Crippen LogP contribution in [0.3, 0.4) is 0 Å². The van der Waals surface area contributed by atoms with Gasteiger partial charge in [-0.25, -0.2) is 0 Å². The number of piperidine rings is 1. The average Bonchev–Trinajstić information content (AvgIpc) is 2.84. The number of aryl methyl sites for hydroxylation is 1. The molecule has 5 nitrogen and oxygen atoms in total. The van der Waals surface area contributed by atoms with Crippen LogP contribution in [0.5, 0.6) is 11.5 Å². The first-order chi connectivity index (χ1) is 16.0. The van der Waals surface area contributed by atoms with E-state index in [1.807, 2.05) is 6.07 Å². The van der Waals surface area contributed by atoms with Gasteiger partial charge >= 0.3 is 0 Å². The summed E-state index contributed by atoms with van der Waals surface area (Å²) in [5.41, 5.74) is 2.99. The molecule has 0 spiro atoms. The van der Waals surface area contributed by atoms with Gasteiger partial charge in [-0.15, -0.1) is 0 Å². The minimum absolute atomic E-state index is 0.252. The fourth-order valence-corrected chi connectivity index (χ4v) is 6.90. The van der Waals surface area contributed by atoms with E-state index >= 15 is 0 Å². The summed E-state index contributed by atoms with van der Waals surface area (Å²) in [6, 6.07) is 15.0. The Morgan fingerprint density at radius 2 is 1.88 bits per heavy atom. The summed E-state index contributed by atoms with van der Waals surface area (Å²) in [6.45, 7) is 1.64. The highest BCUT2D eigenvalue weighted by atomic mass is 16.5. The molecule has 176 valence electrons. The van der Waals surface area contributed by atoms with Crippen LogP contribution in [0, 0.1) is 0 Å². The standard InChI is InChI=1S/C28H35NO4/c1-29-16-15-27-19-22(30)13-14-28(27,33-17-7-10-20-8-5-4-6-9-20)24(29)18-21-11-12-23(31-2)26(32-3)25(21)27/h4-6,8-9,11-12,24H,7,10,13-19H2,1-3H3/t24-,27-,28?/m1/s1. The van der Waals surface area contributed by atoms with Gasteiger partial charge in [-0.3, -0.25) is 4.79 Å². The van der Waals surface area contributed by atoms with Crippen molar-refractivity contribution in [1.82, 2.24) is 4.90 Å². The topological polar surface area (TPSA) is 48.0 Å². The zero-order valence-electron chi connectivity index (χ0n) is 20.1. The van der Waals surface area contributed by atoms with E-state index in [1.165, 1.54) is 11.1 Å². The Labute approximate surface area is 197 Å². The number of methoxy groups -OCH3 is 2. The highest BCUT2D eigenvalue weighted by Crippen LogP contribution is 2.62. The highest BCUT2D eigenvalue weighted by molar-refractivity contribution is 5.83. The van der Waals surface area contributed by atoms with Gasteiger partial charge < -0.3 is 19.1 Å². The Balaban J connectivity index is 1.55. The van der Waals surface area contributed by atoms with E-state index in [-0.39, 0.29) is 11.5 Å². The number of likely N-dealkylation sites (tertiary alicyclic amines) is 1. The molecule has 3 aliphatic rings. The summed E-state index contributed by atoms with van der Waals surface area (Å²) in [4.78, 5) is 15.4. The van der Waals surface area contributed by atoms with Crippen LogP contribution in [0.2, 0.25) is 0 Å². The van der Waals surface area contributed by atoms with Gasteiger partial charge in [0.25, 0.3) is 0 Å². The monoisotopic (exact) mass is 449 g/mol. The number of carbonyl (C=O) groups is 1. The van der Waals surface area contributed by atoms with Crippen molar-refractivity contribution in [2.75, 3.05) is 34.4 Å². The molecule has 1 heterocycles. The second-order valence-electron chi connectivity index (χ2n) is 9.91. The molecular weight excluding hydrogens is 414 g/mol. The smallest absolute Gasteiger partial charge is 0.164 e. The van der Waals surface area contributed by atoms with Gasteiger partial charge in [-0.1, -0.05) is 36.4 Å². The van der Waals surface area contributed by atoms with Crippen LogP contribution in [0.1, 0.15) is 48.8 Å². The summed E-state index contributed by atoms with van der Waals surface area (Å²) < 4.78 is 18.7. The van der Waals surface area contributed by atoms with Gasteiger partial charge in [0.1, 0.15) is 5.78 Å². The molecule has 5 heteroatoms. The minimum atomic E-state index is -0.392. The Hall–Kier alpha value is -2.37. The van der Waals surface area contributed by atoms with Gasteiger partial charge in [0.15, 0.2) is 11.5 Å². The number of hydrogen-bond donors (Lipinski definition) is 0. The second-order valence-corrected chi connectivity index (χ2v) is 9.91. The first-order valence-corrected chi connectivity index (χ1v) is 12.2. The maximum Gasteiger partial charge on any atom is 0.164 e. The summed E-state index contributed by atoms with van der Waals surface area (Å²) >= 11 is 0. The van der Waals surface area contributed by atoms with Crippen molar-refractivity contribution in [3.8, 4) is 11.5 Å². The fourth-order valence-electron chi connectivity index (χ4n) is 6.90. The maximum atomic E-state index is 13.0. The van der Waals surface area contributed by atoms with E-state index < -0.39 is 5.60 Å².